The number of halogens is 3. The van der Waals surface area contributed by atoms with Crippen LogP contribution in [0.25, 0.3) is 0 Å². The molecule has 1 aliphatic rings. The Morgan fingerprint density at radius 3 is 2.50 bits per heavy atom. The molecule has 0 bridgehead atoms. The molecular formula is C13H25F3N2. The van der Waals surface area contributed by atoms with E-state index in [0.717, 1.165) is 19.3 Å². The number of nitrogens with zero attached hydrogens (tertiary/aromatic N) is 1. The topological polar surface area (TPSA) is 15.3 Å². The number of alkyl halides is 3. The van der Waals surface area contributed by atoms with Crippen LogP contribution in [0.15, 0.2) is 0 Å². The fourth-order valence-electron chi connectivity index (χ4n) is 2.67. The van der Waals surface area contributed by atoms with Crippen LogP contribution in [0.1, 0.15) is 40.0 Å². The maximum Gasteiger partial charge on any atom is 0.401 e. The van der Waals surface area contributed by atoms with Crippen LogP contribution in [0.5, 0.6) is 0 Å². The van der Waals surface area contributed by atoms with Crippen molar-refractivity contribution in [3.63, 3.8) is 0 Å². The third-order valence-electron chi connectivity index (χ3n) is 3.38. The fraction of sp³-hybridized carbons (Fsp3) is 1.00. The Labute approximate surface area is 108 Å². The molecule has 1 saturated heterocycles. The van der Waals surface area contributed by atoms with Crippen molar-refractivity contribution in [1.82, 2.24) is 10.2 Å². The normalized spacial score (nSPS) is 26.8. The Hall–Kier alpha value is -0.290. The molecule has 0 aromatic heterocycles. The van der Waals surface area contributed by atoms with Crippen molar-refractivity contribution >= 4 is 0 Å². The van der Waals surface area contributed by atoms with Crippen molar-refractivity contribution in [2.75, 3.05) is 19.6 Å². The number of rotatable bonds is 5. The van der Waals surface area contributed by atoms with Gasteiger partial charge in [0.1, 0.15) is 0 Å². The summed E-state index contributed by atoms with van der Waals surface area (Å²) in [6, 6.07) is 0.223. The van der Waals surface area contributed by atoms with E-state index in [0.29, 0.717) is 19.0 Å². The molecule has 2 unspecified atom stereocenters. The first kappa shape index (κ1) is 15.8. The Balaban J connectivity index is 2.60. The van der Waals surface area contributed by atoms with Gasteiger partial charge in [-0.3, -0.25) is 4.90 Å². The summed E-state index contributed by atoms with van der Waals surface area (Å²) in [5.41, 5.74) is 0. The minimum atomic E-state index is -4.09. The average molecular weight is 266 g/mol. The van der Waals surface area contributed by atoms with E-state index in [1.54, 1.807) is 4.90 Å². The van der Waals surface area contributed by atoms with Crippen molar-refractivity contribution < 1.29 is 13.2 Å². The lowest BCUT2D eigenvalue weighted by molar-refractivity contribution is -0.154. The first-order valence-electron chi connectivity index (χ1n) is 6.86. The van der Waals surface area contributed by atoms with Gasteiger partial charge in [-0.1, -0.05) is 27.2 Å². The Kier molecular flexibility index (Phi) is 5.92. The molecule has 0 radical (unpaired) electrons. The predicted molar refractivity (Wildman–Crippen MR) is 67.6 cm³/mol. The molecule has 0 saturated carbocycles. The second-order valence-electron chi connectivity index (χ2n) is 5.72. The third kappa shape index (κ3) is 5.57. The number of hydrogen-bond donors (Lipinski definition) is 1. The fourth-order valence-corrected chi connectivity index (χ4v) is 2.67. The summed E-state index contributed by atoms with van der Waals surface area (Å²) in [7, 11) is 0. The highest BCUT2D eigenvalue weighted by atomic mass is 19.4. The van der Waals surface area contributed by atoms with E-state index in [4.69, 9.17) is 0 Å². The summed E-state index contributed by atoms with van der Waals surface area (Å²) in [5, 5.41) is 3.38. The molecule has 18 heavy (non-hydrogen) atoms. The minimum absolute atomic E-state index is 0.0136. The molecule has 0 amide bonds. The number of piperazine rings is 1. The summed E-state index contributed by atoms with van der Waals surface area (Å²) in [5.74, 6) is 0.426. The molecule has 5 heteroatoms. The van der Waals surface area contributed by atoms with E-state index in [1.165, 1.54) is 0 Å². The second-order valence-corrected chi connectivity index (χ2v) is 5.72. The highest BCUT2D eigenvalue weighted by Crippen LogP contribution is 2.23. The highest BCUT2D eigenvalue weighted by Gasteiger charge is 2.36. The van der Waals surface area contributed by atoms with Gasteiger partial charge < -0.3 is 5.32 Å². The molecule has 1 heterocycles. The van der Waals surface area contributed by atoms with E-state index < -0.39 is 12.7 Å². The van der Waals surface area contributed by atoms with Crippen molar-refractivity contribution in [3.05, 3.63) is 0 Å². The van der Waals surface area contributed by atoms with Crippen molar-refractivity contribution in [1.29, 1.82) is 0 Å². The molecule has 1 N–H and O–H groups in total. The summed E-state index contributed by atoms with van der Waals surface area (Å²) in [4.78, 5) is 1.62. The SMILES string of the molecule is CCCC1CN(CC(F)(F)F)C(CC(C)C)CN1. The maximum atomic E-state index is 12.6. The van der Waals surface area contributed by atoms with Gasteiger partial charge >= 0.3 is 6.18 Å². The quantitative estimate of drug-likeness (QED) is 0.823. The molecule has 1 fully saturated rings. The van der Waals surface area contributed by atoms with E-state index in [-0.39, 0.29) is 12.1 Å². The zero-order valence-electron chi connectivity index (χ0n) is 11.6. The number of hydrogen-bond acceptors (Lipinski definition) is 2. The van der Waals surface area contributed by atoms with Gasteiger partial charge in [0.15, 0.2) is 0 Å². The monoisotopic (exact) mass is 266 g/mol. The average Bonchev–Trinajstić information content (AvgIpc) is 2.19. The van der Waals surface area contributed by atoms with Crippen LogP contribution in [0.3, 0.4) is 0 Å². The summed E-state index contributed by atoms with van der Waals surface area (Å²) >= 11 is 0. The van der Waals surface area contributed by atoms with Crippen molar-refractivity contribution in [2.24, 2.45) is 5.92 Å². The molecule has 108 valence electrons. The maximum absolute atomic E-state index is 12.6. The van der Waals surface area contributed by atoms with Gasteiger partial charge in [0.2, 0.25) is 0 Å². The Morgan fingerprint density at radius 2 is 2.00 bits per heavy atom. The Bertz CT molecular complexity index is 241. The van der Waals surface area contributed by atoms with Crippen LogP contribution in [0.2, 0.25) is 0 Å². The van der Waals surface area contributed by atoms with Crippen molar-refractivity contribution in [2.45, 2.75) is 58.3 Å². The highest BCUT2D eigenvalue weighted by molar-refractivity contribution is 4.87. The van der Waals surface area contributed by atoms with Gasteiger partial charge in [-0.2, -0.15) is 13.2 Å². The van der Waals surface area contributed by atoms with Gasteiger partial charge in [0.05, 0.1) is 6.54 Å². The van der Waals surface area contributed by atoms with Crippen LogP contribution < -0.4 is 5.32 Å². The molecule has 2 nitrogen and oxygen atoms in total. The smallest absolute Gasteiger partial charge is 0.311 e. The van der Waals surface area contributed by atoms with E-state index in [1.807, 2.05) is 0 Å². The van der Waals surface area contributed by atoms with Crippen LogP contribution in [-0.2, 0) is 0 Å². The molecule has 0 aliphatic carbocycles. The lowest BCUT2D eigenvalue weighted by Crippen LogP contribution is -2.58. The lowest BCUT2D eigenvalue weighted by atomic mass is 9.98. The largest absolute Gasteiger partial charge is 0.401 e. The summed E-state index contributed by atoms with van der Waals surface area (Å²) < 4.78 is 37.8. The van der Waals surface area contributed by atoms with Crippen LogP contribution >= 0.6 is 0 Å². The molecular weight excluding hydrogens is 241 g/mol. The predicted octanol–water partition coefficient (Wildman–Crippen LogP) is 3.04. The van der Waals surface area contributed by atoms with Crippen molar-refractivity contribution in [3.8, 4) is 0 Å². The lowest BCUT2D eigenvalue weighted by Gasteiger charge is -2.41. The molecule has 0 spiro atoms. The molecule has 1 rings (SSSR count). The zero-order valence-corrected chi connectivity index (χ0v) is 11.6. The molecule has 1 aliphatic heterocycles. The van der Waals surface area contributed by atoms with Gasteiger partial charge in [-0.25, -0.2) is 0 Å². The van der Waals surface area contributed by atoms with Gasteiger partial charge in [0, 0.05) is 25.2 Å². The van der Waals surface area contributed by atoms with Crippen LogP contribution in [0.4, 0.5) is 13.2 Å². The third-order valence-corrected chi connectivity index (χ3v) is 3.38. The summed E-state index contributed by atoms with van der Waals surface area (Å²) in [6.07, 6.45) is -1.32. The first-order valence-corrected chi connectivity index (χ1v) is 6.86. The molecule has 2 atom stereocenters. The zero-order chi connectivity index (χ0) is 13.8. The van der Waals surface area contributed by atoms with Crippen LogP contribution in [-0.4, -0.2) is 42.8 Å². The van der Waals surface area contributed by atoms with Gasteiger partial charge in [-0.15, -0.1) is 0 Å². The first-order chi connectivity index (χ1) is 8.31. The second kappa shape index (κ2) is 6.75. The standard InChI is InChI=1S/C13H25F3N2/c1-4-5-11-8-18(9-13(14,15)16)12(7-17-11)6-10(2)3/h10-12,17H,4-9H2,1-3H3. The van der Waals surface area contributed by atoms with Gasteiger partial charge in [0.25, 0.3) is 0 Å². The molecule has 0 aromatic carbocycles. The molecule has 0 aromatic rings. The Morgan fingerprint density at radius 1 is 1.33 bits per heavy atom. The minimum Gasteiger partial charge on any atom is -0.311 e. The van der Waals surface area contributed by atoms with Crippen LogP contribution in [0, 0.1) is 5.92 Å². The van der Waals surface area contributed by atoms with E-state index >= 15 is 0 Å². The van der Waals surface area contributed by atoms with E-state index in [9.17, 15) is 13.2 Å². The van der Waals surface area contributed by atoms with Gasteiger partial charge in [-0.05, 0) is 18.8 Å². The van der Waals surface area contributed by atoms with E-state index in [2.05, 4.69) is 26.1 Å². The number of nitrogens with one attached hydrogen (secondary N) is 1. The summed E-state index contributed by atoms with van der Waals surface area (Å²) in [6.45, 7) is 6.61.